The summed E-state index contributed by atoms with van der Waals surface area (Å²) in [5, 5.41) is 20.5. The number of nitrogens with zero attached hydrogens (tertiary/aromatic N) is 1. The van der Waals surface area contributed by atoms with E-state index in [0.29, 0.717) is 17.7 Å². The number of carbonyl (C=O) groups excluding carboxylic acids is 1. The standard InChI is InChI=1S/C26H25NO4Se.ClH/c1-27(2,3)14-15-31-21-11-6-17(7-12-21)25(30)24-22-13-10-20(29)16-23(22)32-26(24)18-4-8-19(28)9-5-18;/h4-13,16H,14-15H2,1-3H3,(H-,28,29,30);1H. The number of quaternary nitrogens is 1. The quantitative estimate of drug-likeness (QED) is 0.215. The number of phenolic OH excluding ortho intramolecular Hbond substituents is 2. The van der Waals surface area contributed by atoms with Gasteiger partial charge in [-0.05, 0) is 0 Å². The molecule has 3 aromatic carbocycles. The fourth-order valence-electron chi connectivity index (χ4n) is 3.41. The first-order valence-electron chi connectivity index (χ1n) is 10.3. The van der Waals surface area contributed by atoms with Crippen LogP contribution in [0.3, 0.4) is 0 Å². The smallest absolute Gasteiger partial charge is 1.00 e. The van der Waals surface area contributed by atoms with Gasteiger partial charge in [0.05, 0.1) is 0 Å². The summed E-state index contributed by atoms with van der Waals surface area (Å²) in [5.74, 6) is 1.06. The average Bonchev–Trinajstić information content (AvgIpc) is 3.11. The van der Waals surface area contributed by atoms with Crippen molar-refractivity contribution in [2.75, 3.05) is 34.3 Å². The van der Waals surface area contributed by atoms with Gasteiger partial charge in [0.1, 0.15) is 0 Å². The average molecular weight is 531 g/mol. The van der Waals surface area contributed by atoms with Gasteiger partial charge >= 0.3 is 194 Å². The van der Waals surface area contributed by atoms with Crippen molar-refractivity contribution in [3.8, 4) is 27.2 Å². The number of phenols is 2. The van der Waals surface area contributed by atoms with Crippen molar-refractivity contribution < 1.29 is 36.6 Å². The van der Waals surface area contributed by atoms with Crippen LogP contribution in [0.15, 0.2) is 66.7 Å². The van der Waals surface area contributed by atoms with Crippen molar-refractivity contribution in [2.24, 2.45) is 0 Å². The molecular formula is C26H26ClNO4Se. The van der Waals surface area contributed by atoms with E-state index in [1.54, 1.807) is 36.4 Å². The molecule has 7 heteroatoms. The molecule has 1 heterocycles. The van der Waals surface area contributed by atoms with E-state index in [4.69, 9.17) is 4.74 Å². The first-order valence-corrected chi connectivity index (χ1v) is 12.1. The SMILES string of the molecule is C[N+](C)(C)CCOc1ccc(C(=O)c2c(-c3ccc(O)cc3)[se]c3cc(O)ccc23)cc1.[Cl-]. The topological polar surface area (TPSA) is 66.8 Å². The van der Waals surface area contributed by atoms with Crippen LogP contribution in [-0.4, -0.2) is 69.3 Å². The molecule has 0 aliphatic heterocycles. The van der Waals surface area contributed by atoms with Gasteiger partial charge in [0.25, 0.3) is 0 Å². The number of likely N-dealkylation sites (N-methyl/N-ethyl adjacent to an activating group) is 1. The van der Waals surface area contributed by atoms with E-state index in [-0.39, 0.29) is 44.2 Å². The van der Waals surface area contributed by atoms with Crippen LogP contribution in [0.5, 0.6) is 17.2 Å². The summed E-state index contributed by atoms with van der Waals surface area (Å²) < 4.78 is 8.57. The summed E-state index contributed by atoms with van der Waals surface area (Å²) in [6.45, 7) is 1.49. The van der Waals surface area contributed by atoms with Crippen LogP contribution in [0, 0.1) is 0 Å². The number of benzene rings is 3. The van der Waals surface area contributed by atoms with Crippen LogP contribution in [-0.2, 0) is 0 Å². The van der Waals surface area contributed by atoms with E-state index in [1.807, 2.05) is 30.3 Å². The molecule has 0 radical (unpaired) electrons. The molecule has 0 saturated heterocycles. The molecule has 4 rings (SSSR count). The molecule has 0 aliphatic carbocycles. The van der Waals surface area contributed by atoms with E-state index in [1.165, 1.54) is 0 Å². The summed E-state index contributed by atoms with van der Waals surface area (Å²) in [7, 11) is 6.35. The van der Waals surface area contributed by atoms with E-state index < -0.39 is 0 Å². The van der Waals surface area contributed by atoms with Crippen molar-refractivity contribution in [2.45, 2.75) is 0 Å². The Labute approximate surface area is 205 Å². The first kappa shape index (κ1) is 24.9. The Morgan fingerprint density at radius 2 is 1.55 bits per heavy atom. The van der Waals surface area contributed by atoms with Gasteiger partial charge in [-0.1, -0.05) is 0 Å². The number of halogens is 1. The number of aromatic hydroxyl groups is 2. The van der Waals surface area contributed by atoms with Crippen molar-refractivity contribution in [3.05, 3.63) is 77.9 Å². The third kappa shape index (κ3) is 5.79. The largest absolute Gasteiger partial charge is 1.00 e. The van der Waals surface area contributed by atoms with Gasteiger partial charge in [-0.25, -0.2) is 0 Å². The molecule has 0 amide bonds. The summed E-state index contributed by atoms with van der Waals surface area (Å²) in [5.41, 5.74) is 2.15. The fourth-order valence-corrected chi connectivity index (χ4v) is 6.01. The van der Waals surface area contributed by atoms with Gasteiger partial charge in [-0.3, -0.25) is 0 Å². The number of hydrogen-bond donors (Lipinski definition) is 2. The number of carbonyl (C=O) groups is 1. The minimum Gasteiger partial charge on any atom is -1.00 e. The van der Waals surface area contributed by atoms with Gasteiger partial charge < -0.3 is 12.4 Å². The monoisotopic (exact) mass is 531 g/mol. The fraction of sp³-hybridized carbons (Fsp3) is 0.192. The molecule has 0 bridgehead atoms. The van der Waals surface area contributed by atoms with Crippen molar-refractivity contribution in [1.29, 1.82) is 0 Å². The minimum atomic E-state index is -0.135. The summed E-state index contributed by atoms with van der Waals surface area (Å²) in [4.78, 5) is 13.6. The molecule has 2 N–H and O–H groups in total. The van der Waals surface area contributed by atoms with Crippen LogP contribution in [0.1, 0.15) is 15.9 Å². The molecule has 0 atom stereocenters. The molecule has 0 saturated carbocycles. The first-order chi connectivity index (χ1) is 15.2. The van der Waals surface area contributed by atoms with E-state index in [2.05, 4.69) is 21.1 Å². The van der Waals surface area contributed by atoms with Crippen LogP contribution in [0.4, 0.5) is 0 Å². The normalized spacial score (nSPS) is 11.2. The second-order valence-electron chi connectivity index (χ2n) is 8.75. The molecule has 1 aromatic heterocycles. The molecule has 4 aromatic rings. The summed E-state index contributed by atoms with van der Waals surface area (Å²) in [6, 6.07) is 19.4. The van der Waals surface area contributed by atoms with Crippen molar-refractivity contribution in [1.82, 2.24) is 0 Å². The molecule has 33 heavy (non-hydrogen) atoms. The minimum absolute atomic E-state index is 0. The van der Waals surface area contributed by atoms with Crippen LogP contribution < -0.4 is 17.1 Å². The number of hydrogen-bond acceptors (Lipinski definition) is 4. The van der Waals surface area contributed by atoms with E-state index in [9.17, 15) is 15.0 Å². The van der Waals surface area contributed by atoms with Crippen LogP contribution in [0.25, 0.3) is 19.6 Å². The van der Waals surface area contributed by atoms with E-state index in [0.717, 1.165) is 36.4 Å². The predicted octanol–water partition coefficient (Wildman–Crippen LogP) is 1.29. The maximum Gasteiger partial charge on any atom is -1.00 e. The van der Waals surface area contributed by atoms with Gasteiger partial charge in [0.2, 0.25) is 0 Å². The zero-order chi connectivity index (χ0) is 22.9. The third-order valence-corrected chi connectivity index (χ3v) is 7.70. The Kier molecular flexibility index (Phi) is 7.55. The zero-order valence-electron chi connectivity index (χ0n) is 18.7. The molecule has 0 spiro atoms. The van der Waals surface area contributed by atoms with Crippen LogP contribution >= 0.6 is 0 Å². The van der Waals surface area contributed by atoms with Gasteiger partial charge in [0.15, 0.2) is 0 Å². The van der Waals surface area contributed by atoms with Crippen molar-refractivity contribution in [3.63, 3.8) is 0 Å². The Morgan fingerprint density at radius 3 is 2.18 bits per heavy atom. The van der Waals surface area contributed by atoms with Gasteiger partial charge in [0, 0.05) is 0 Å². The third-order valence-electron chi connectivity index (χ3n) is 5.18. The molecule has 5 nitrogen and oxygen atoms in total. The van der Waals surface area contributed by atoms with E-state index >= 15 is 0 Å². The Hall–Kier alpha value is -2.76. The second kappa shape index (κ2) is 10.0. The molecule has 172 valence electrons. The zero-order valence-corrected chi connectivity index (χ0v) is 21.2. The van der Waals surface area contributed by atoms with Gasteiger partial charge in [-0.2, -0.15) is 0 Å². The molecule has 0 aliphatic rings. The Morgan fingerprint density at radius 1 is 0.909 bits per heavy atom. The molecular weight excluding hydrogens is 505 g/mol. The van der Waals surface area contributed by atoms with Gasteiger partial charge in [-0.15, -0.1) is 0 Å². The number of fused-ring (bicyclic) bond motifs is 1. The summed E-state index contributed by atoms with van der Waals surface area (Å²) >= 11 is -0.135. The van der Waals surface area contributed by atoms with Crippen LogP contribution in [0.2, 0.25) is 0 Å². The molecule has 0 fully saturated rings. The predicted molar refractivity (Wildman–Crippen MR) is 128 cm³/mol. The Bertz CT molecular complexity index is 1260. The number of rotatable bonds is 7. The Balaban J connectivity index is 0.00000306. The maximum atomic E-state index is 13.6. The molecule has 0 unspecified atom stereocenters. The number of ketones is 1. The second-order valence-corrected chi connectivity index (χ2v) is 11.0. The maximum absolute atomic E-state index is 13.6. The number of ether oxygens (including phenoxy) is 1. The van der Waals surface area contributed by atoms with Crippen molar-refractivity contribution >= 4 is 29.9 Å². The summed E-state index contributed by atoms with van der Waals surface area (Å²) in [6.07, 6.45) is 0.